The molecule has 1 atom stereocenters. The number of hydrogen-bond acceptors (Lipinski definition) is 4. The summed E-state index contributed by atoms with van der Waals surface area (Å²) in [6.07, 6.45) is 7.55. The quantitative estimate of drug-likeness (QED) is 0.640. The Hall–Kier alpha value is -0.363. The molecule has 1 aliphatic rings. The molecule has 0 radical (unpaired) electrons. The summed E-state index contributed by atoms with van der Waals surface area (Å²) in [5.74, 6) is 0. The highest BCUT2D eigenvalue weighted by Gasteiger charge is 2.49. The zero-order valence-corrected chi connectivity index (χ0v) is 11.7. The minimum Gasteiger partial charge on any atom is -0.376 e. The second-order valence-corrected chi connectivity index (χ2v) is 7.03. The first-order chi connectivity index (χ1) is 7.74. The first-order valence-electron chi connectivity index (χ1n) is 5.82. The predicted molar refractivity (Wildman–Crippen MR) is 65.9 cm³/mol. The van der Waals surface area contributed by atoms with Gasteiger partial charge in [0, 0.05) is 27.9 Å². The molecule has 0 aromatic rings. The molecule has 1 heterocycles. The standard InChI is InChI=1S/C11H23NO3Si/c1-5-8-11(12-9-6-7-10-12)16(13-2,14-3)15-4/h6,9,11H,5,7-8,10H2,1-4H3. The van der Waals surface area contributed by atoms with Crippen LogP contribution in [-0.2, 0) is 13.3 Å². The van der Waals surface area contributed by atoms with E-state index in [9.17, 15) is 0 Å². The summed E-state index contributed by atoms with van der Waals surface area (Å²) in [6, 6.07) is 0. The first kappa shape index (κ1) is 13.7. The molecule has 0 spiro atoms. The lowest BCUT2D eigenvalue weighted by Crippen LogP contribution is -2.60. The molecule has 94 valence electrons. The van der Waals surface area contributed by atoms with Gasteiger partial charge in [0.05, 0.1) is 5.67 Å². The first-order valence-corrected chi connectivity index (χ1v) is 7.62. The molecule has 0 fully saturated rings. The highest BCUT2D eigenvalue weighted by atomic mass is 28.4. The van der Waals surface area contributed by atoms with Gasteiger partial charge in [0.2, 0.25) is 0 Å². The van der Waals surface area contributed by atoms with E-state index >= 15 is 0 Å². The molecule has 0 saturated carbocycles. The van der Waals surface area contributed by atoms with Crippen LogP contribution < -0.4 is 0 Å². The SMILES string of the molecule is CCCC(N1C=CCC1)[Si](OC)(OC)OC. The van der Waals surface area contributed by atoms with Crippen molar-refractivity contribution in [3.05, 3.63) is 12.3 Å². The molecular formula is C11H23NO3Si. The summed E-state index contributed by atoms with van der Waals surface area (Å²) in [6.45, 7) is 3.21. The molecule has 1 aliphatic heterocycles. The number of nitrogens with zero attached hydrogens (tertiary/aromatic N) is 1. The van der Waals surface area contributed by atoms with Crippen molar-refractivity contribution in [1.29, 1.82) is 0 Å². The Balaban J connectivity index is 2.84. The van der Waals surface area contributed by atoms with Crippen LogP contribution >= 0.6 is 0 Å². The van der Waals surface area contributed by atoms with E-state index in [1.807, 2.05) is 0 Å². The molecule has 0 amide bonds. The van der Waals surface area contributed by atoms with Crippen molar-refractivity contribution in [3.63, 3.8) is 0 Å². The van der Waals surface area contributed by atoms with Crippen molar-refractivity contribution in [1.82, 2.24) is 4.90 Å². The normalized spacial score (nSPS) is 18.1. The van der Waals surface area contributed by atoms with Crippen LogP contribution in [0.5, 0.6) is 0 Å². The summed E-state index contributed by atoms with van der Waals surface area (Å²) in [4.78, 5) is 2.30. The van der Waals surface area contributed by atoms with Crippen molar-refractivity contribution in [2.75, 3.05) is 27.9 Å². The Morgan fingerprint density at radius 1 is 1.25 bits per heavy atom. The molecule has 1 unspecified atom stereocenters. The van der Waals surface area contributed by atoms with E-state index in [2.05, 4.69) is 24.1 Å². The third kappa shape index (κ3) is 2.66. The van der Waals surface area contributed by atoms with E-state index in [-0.39, 0.29) is 5.67 Å². The van der Waals surface area contributed by atoms with Gasteiger partial charge < -0.3 is 18.2 Å². The van der Waals surface area contributed by atoms with Crippen LogP contribution in [0.2, 0.25) is 0 Å². The Morgan fingerprint density at radius 3 is 2.25 bits per heavy atom. The monoisotopic (exact) mass is 245 g/mol. The van der Waals surface area contributed by atoms with E-state index in [1.165, 1.54) is 0 Å². The maximum atomic E-state index is 5.58. The van der Waals surface area contributed by atoms with E-state index in [1.54, 1.807) is 21.3 Å². The molecule has 0 N–H and O–H groups in total. The van der Waals surface area contributed by atoms with Crippen LogP contribution in [0, 0.1) is 0 Å². The Bertz CT molecular complexity index is 223. The average molecular weight is 245 g/mol. The van der Waals surface area contributed by atoms with Gasteiger partial charge in [0.25, 0.3) is 0 Å². The second kappa shape index (κ2) is 6.39. The van der Waals surface area contributed by atoms with Gasteiger partial charge in [-0.2, -0.15) is 0 Å². The molecule has 0 aliphatic carbocycles. The smallest absolute Gasteiger partial charge is 0.376 e. The fourth-order valence-electron chi connectivity index (χ4n) is 2.25. The fourth-order valence-corrected chi connectivity index (χ4v) is 4.82. The van der Waals surface area contributed by atoms with Gasteiger partial charge in [-0.25, -0.2) is 0 Å². The Kier molecular flexibility index (Phi) is 5.47. The highest BCUT2D eigenvalue weighted by molar-refractivity contribution is 6.62. The van der Waals surface area contributed by atoms with Gasteiger partial charge in [-0.05, 0) is 19.0 Å². The average Bonchev–Trinajstić information content (AvgIpc) is 2.84. The Labute approximate surface area is 99.5 Å². The molecule has 0 saturated heterocycles. The van der Waals surface area contributed by atoms with E-state index in [0.29, 0.717) is 0 Å². The van der Waals surface area contributed by atoms with Crippen molar-refractivity contribution < 1.29 is 13.3 Å². The summed E-state index contributed by atoms with van der Waals surface area (Å²) >= 11 is 0. The van der Waals surface area contributed by atoms with Crippen molar-refractivity contribution >= 4 is 8.80 Å². The van der Waals surface area contributed by atoms with Gasteiger partial charge in [-0.3, -0.25) is 0 Å². The highest BCUT2D eigenvalue weighted by Crippen LogP contribution is 2.24. The lowest BCUT2D eigenvalue weighted by atomic mass is 10.3. The lowest BCUT2D eigenvalue weighted by molar-refractivity contribution is 0.0858. The van der Waals surface area contributed by atoms with Crippen LogP contribution in [0.4, 0.5) is 0 Å². The van der Waals surface area contributed by atoms with Gasteiger partial charge in [0.1, 0.15) is 0 Å². The predicted octanol–water partition coefficient (Wildman–Crippen LogP) is 1.79. The van der Waals surface area contributed by atoms with Crippen LogP contribution in [0.15, 0.2) is 12.3 Å². The summed E-state index contributed by atoms with van der Waals surface area (Å²) in [7, 11) is 2.49. The summed E-state index contributed by atoms with van der Waals surface area (Å²) in [5.41, 5.74) is 0.233. The van der Waals surface area contributed by atoms with E-state index < -0.39 is 8.80 Å². The van der Waals surface area contributed by atoms with Crippen molar-refractivity contribution in [2.24, 2.45) is 0 Å². The largest absolute Gasteiger partial charge is 0.523 e. The van der Waals surface area contributed by atoms with Gasteiger partial charge in [-0.15, -0.1) is 0 Å². The van der Waals surface area contributed by atoms with Crippen LogP contribution in [0.25, 0.3) is 0 Å². The maximum absolute atomic E-state index is 5.58. The molecule has 4 nitrogen and oxygen atoms in total. The minimum absolute atomic E-state index is 0.233. The third-order valence-corrected chi connectivity index (χ3v) is 6.22. The van der Waals surface area contributed by atoms with Crippen molar-refractivity contribution in [3.8, 4) is 0 Å². The third-order valence-electron chi connectivity index (χ3n) is 3.07. The van der Waals surface area contributed by atoms with Crippen LogP contribution in [-0.4, -0.2) is 47.2 Å². The summed E-state index contributed by atoms with van der Waals surface area (Å²) in [5, 5.41) is 0. The molecule has 0 aromatic carbocycles. The Morgan fingerprint density at radius 2 is 1.88 bits per heavy atom. The fraction of sp³-hybridized carbons (Fsp3) is 0.818. The number of rotatable bonds is 7. The minimum atomic E-state index is -2.56. The lowest BCUT2D eigenvalue weighted by Gasteiger charge is -2.37. The number of hydrogen-bond donors (Lipinski definition) is 0. The topological polar surface area (TPSA) is 30.9 Å². The molecule has 16 heavy (non-hydrogen) atoms. The van der Waals surface area contributed by atoms with Gasteiger partial charge >= 0.3 is 8.80 Å². The maximum Gasteiger partial charge on any atom is 0.523 e. The molecular weight excluding hydrogens is 222 g/mol. The van der Waals surface area contributed by atoms with Gasteiger partial charge in [0.15, 0.2) is 0 Å². The van der Waals surface area contributed by atoms with E-state index in [0.717, 1.165) is 25.8 Å². The second-order valence-electron chi connectivity index (χ2n) is 3.93. The molecule has 0 bridgehead atoms. The molecule has 5 heteroatoms. The molecule has 1 rings (SSSR count). The zero-order valence-electron chi connectivity index (χ0n) is 10.7. The van der Waals surface area contributed by atoms with E-state index in [4.69, 9.17) is 13.3 Å². The van der Waals surface area contributed by atoms with Gasteiger partial charge in [-0.1, -0.05) is 19.4 Å². The molecule has 0 aromatic heterocycles. The van der Waals surface area contributed by atoms with Crippen LogP contribution in [0.3, 0.4) is 0 Å². The zero-order chi connectivity index (χ0) is 12.0. The van der Waals surface area contributed by atoms with Crippen LogP contribution in [0.1, 0.15) is 26.2 Å². The summed E-state index contributed by atoms with van der Waals surface area (Å²) < 4.78 is 16.7. The van der Waals surface area contributed by atoms with Crippen molar-refractivity contribution in [2.45, 2.75) is 31.9 Å².